The van der Waals surface area contributed by atoms with Crippen LogP contribution in [0, 0.1) is 12.3 Å². The molecule has 21 heavy (non-hydrogen) atoms. The van der Waals surface area contributed by atoms with Crippen molar-refractivity contribution in [3.05, 3.63) is 0 Å². The Morgan fingerprint density at radius 3 is 2.67 bits per heavy atom. The molecule has 1 amide bonds. The average molecular weight is 306 g/mol. The molecule has 1 aliphatic carbocycles. The lowest BCUT2D eigenvalue weighted by Crippen LogP contribution is -2.44. The van der Waals surface area contributed by atoms with Crippen molar-refractivity contribution in [2.75, 3.05) is 19.7 Å². The van der Waals surface area contributed by atoms with Crippen molar-refractivity contribution in [3.8, 4) is 12.3 Å². The van der Waals surface area contributed by atoms with Gasteiger partial charge in [-0.2, -0.15) is 0 Å². The van der Waals surface area contributed by atoms with Gasteiger partial charge in [0.2, 0.25) is 0 Å². The summed E-state index contributed by atoms with van der Waals surface area (Å²) >= 11 is 2.06. The van der Waals surface area contributed by atoms with Crippen LogP contribution in [0.1, 0.15) is 44.9 Å². The number of carbonyl (C=O) groups is 1. The van der Waals surface area contributed by atoms with Gasteiger partial charge in [0, 0.05) is 19.3 Å². The van der Waals surface area contributed by atoms with Gasteiger partial charge in [0.15, 0.2) is 6.61 Å². The predicted octanol–water partition coefficient (Wildman–Crippen LogP) is 3.07. The molecule has 0 atom stereocenters. The fourth-order valence-electron chi connectivity index (χ4n) is 3.51. The van der Waals surface area contributed by atoms with Crippen molar-refractivity contribution < 1.29 is 9.53 Å². The fourth-order valence-corrected chi connectivity index (χ4v) is 5.36. The van der Waals surface area contributed by atoms with E-state index < -0.39 is 0 Å². The summed E-state index contributed by atoms with van der Waals surface area (Å²) in [5.41, 5.74) is 0. The molecule has 0 aromatic heterocycles. The monoisotopic (exact) mass is 306 g/mol. The highest BCUT2D eigenvalue weighted by atomic mass is 32.2. The first-order valence-corrected chi connectivity index (χ1v) is 8.60. The molecule has 2 aliphatic heterocycles. The molecule has 0 unspecified atom stereocenters. The topological polar surface area (TPSA) is 41.9 Å². The van der Waals surface area contributed by atoms with Gasteiger partial charge in [-0.15, -0.1) is 18.2 Å². The van der Waals surface area contributed by atoms with Crippen molar-refractivity contribution in [1.29, 1.82) is 0 Å². The van der Waals surface area contributed by atoms with Crippen molar-refractivity contribution in [2.24, 2.45) is 4.99 Å². The number of likely N-dealkylation sites (tertiary alicyclic amines) is 1. The van der Waals surface area contributed by atoms with E-state index in [1.54, 1.807) is 4.90 Å². The van der Waals surface area contributed by atoms with E-state index in [4.69, 9.17) is 16.2 Å². The van der Waals surface area contributed by atoms with E-state index in [2.05, 4.69) is 23.9 Å². The Bertz CT molecular complexity index is 469. The number of hydrogen-bond acceptors (Lipinski definition) is 4. The third-order valence-electron chi connectivity index (χ3n) is 4.71. The molecule has 0 bridgehead atoms. The largest absolute Gasteiger partial charge is 0.436 e. The van der Waals surface area contributed by atoms with E-state index >= 15 is 0 Å². The van der Waals surface area contributed by atoms with Crippen LogP contribution in [0.4, 0.5) is 4.79 Å². The molecule has 1 saturated carbocycles. The molecule has 5 heteroatoms. The summed E-state index contributed by atoms with van der Waals surface area (Å²) in [6.07, 6.45) is 15.4. The number of terminal acetylenes is 1. The normalized spacial score (nSPS) is 26.0. The second-order valence-corrected chi connectivity index (χ2v) is 7.95. The summed E-state index contributed by atoms with van der Waals surface area (Å²) in [5.74, 6) is 2.33. The maximum Gasteiger partial charge on any atom is 0.410 e. The van der Waals surface area contributed by atoms with Crippen molar-refractivity contribution in [1.82, 2.24) is 4.90 Å². The Morgan fingerprint density at radius 1 is 1.29 bits per heavy atom. The summed E-state index contributed by atoms with van der Waals surface area (Å²) in [4.78, 5) is 18.5. The molecule has 4 nitrogen and oxygen atoms in total. The number of hydrogen-bond donors (Lipinski definition) is 0. The lowest BCUT2D eigenvalue weighted by atomic mass is 9.89. The van der Waals surface area contributed by atoms with Gasteiger partial charge in [-0.05, 0) is 25.7 Å². The lowest BCUT2D eigenvalue weighted by molar-refractivity contribution is 0.102. The average Bonchev–Trinajstić information content (AvgIpc) is 2.84. The van der Waals surface area contributed by atoms with Crippen LogP contribution in [0.3, 0.4) is 0 Å². The molecule has 0 radical (unpaired) electrons. The number of carbonyl (C=O) groups excluding carboxylic acids is 1. The van der Waals surface area contributed by atoms with Gasteiger partial charge in [0.1, 0.15) is 4.87 Å². The second kappa shape index (κ2) is 5.92. The Kier molecular flexibility index (Phi) is 4.17. The number of amides is 1. The van der Waals surface area contributed by atoms with Crippen LogP contribution >= 0.6 is 11.8 Å². The predicted molar refractivity (Wildman–Crippen MR) is 85.6 cm³/mol. The fraction of sp³-hybridized carbons (Fsp3) is 0.750. The zero-order chi connectivity index (χ0) is 14.8. The maximum absolute atomic E-state index is 11.8. The summed E-state index contributed by atoms with van der Waals surface area (Å²) in [5, 5.41) is 0. The summed E-state index contributed by atoms with van der Waals surface area (Å²) < 4.78 is 5.28. The van der Waals surface area contributed by atoms with Crippen LogP contribution in [0.15, 0.2) is 4.99 Å². The number of rotatable bonds is 1. The maximum atomic E-state index is 11.8. The lowest BCUT2D eigenvalue weighted by Gasteiger charge is -2.39. The number of piperidine rings is 1. The van der Waals surface area contributed by atoms with Crippen molar-refractivity contribution in [2.45, 2.75) is 54.6 Å². The third-order valence-corrected chi connectivity index (χ3v) is 6.52. The van der Waals surface area contributed by atoms with E-state index in [9.17, 15) is 4.79 Å². The van der Waals surface area contributed by atoms with E-state index in [0.29, 0.717) is 13.1 Å². The molecule has 114 valence electrons. The zero-order valence-electron chi connectivity index (χ0n) is 12.3. The number of ether oxygens (including phenoxy) is 1. The van der Waals surface area contributed by atoms with Crippen LogP contribution in [-0.4, -0.2) is 46.5 Å². The highest BCUT2D eigenvalue weighted by Crippen LogP contribution is 2.53. The molecule has 0 aromatic carbocycles. The molecule has 2 spiro atoms. The Hall–Kier alpha value is -1.15. The van der Waals surface area contributed by atoms with Gasteiger partial charge in [-0.1, -0.05) is 25.2 Å². The van der Waals surface area contributed by atoms with Crippen LogP contribution in [0.5, 0.6) is 0 Å². The minimum atomic E-state index is -0.290. The molecule has 3 aliphatic rings. The van der Waals surface area contributed by atoms with Gasteiger partial charge in [0.05, 0.1) is 4.75 Å². The van der Waals surface area contributed by atoms with E-state index in [1.165, 1.54) is 32.1 Å². The van der Waals surface area contributed by atoms with Crippen molar-refractivity contribution in [3.63, 3.8) is 0 Å². The van der Waals surface area contributed by atoms with Gasteiger partial charge in [-0.3, -0.25) is 4.99 Å². The van der Waals surface area contributed by atoms with E-state index in [0.717, 1.165) is 12.8 Å². The van der Waals surface area contributed by atoms with E-state index in [-0.39, 0.29) is 22.3 Å². The van der Waals surface area contributed by atoms with E-state index in [1.807, 2.05) is 0 Å². The van der Waals surface area contributed by atoms with Gasteiger partial charge in [-0.25, -0.2) is 4.79 Å². The summed E-state index contributed by atoms with van der Waals surface area (Å²) in [6, 6.07) is 0. The highest BCUT2D eigenvalue weighted by molar-refractivity contribution is 8.03. The summed E-state index contributed by atoms with van der Waals surface area (Å²) in [7, 11) is 0. The first-order valence-electron chi connectivity index (χ1n) is 7.79. The zero-order valence-corrected chi connectivity index (χ0v) is 13.2. The minimum Gasteiger partial charge on any atom is -0.436 e. The molecule has 0 N–H and O–H groups in total. The van der Waals surface area contributed by atoms with Crippen molar-refractivity contribution >= 4 is 24.1 Å². The van der Waals surface area contributed by atoms with Crippen LogP contribution in [0.25, 0.3) is 0 Å². The Labute approximate surface area is 130 Å². The summed E-state index contributed by atoms with van der Waals surface area (Å²) in [6.45, 7) is 1.48. The molecule has 3 rings (SSSR count). The van der Waals surface area contributed by atoms with Gasteiger partial charge in [0.25, 0.3) is 0 Å². The quantitative estimate of drug-likeness (QED) is 0.699. The molecule has 2 fully saturated rings. The second-order valence-electron chi connectivity index (χ2n) is 6.18. The number of thioether (sulfide) groups is 1. The third kappa shape index (κ3) is 3.06. The smallest absolute Gasteiger partial charge is 0.410 e. The molecular weight excluding hydrogens is 284 g/mol. The first-order chi connectivity index (χ1) is 10.2. The molecule has 2 heterocycles. The molecule has 1 saturated heterocycles. The number of nitrogens with zero attached hydrogens (tertiary/aromatic N) is 2. The van der Waals surface area contributed by atoms with Crippen LogP contribution < -0.4 is 0 Å². The standard InChI is InChI=1S/C16H22N2O2S/c1-2-12-20-14(19)18-10-8-16(9-11-18)17-13-15(21-16)6-4-3-5-7-15/h1,13H,3-12H2. The Balaban J connectivity index is 1.55. The SMILES string of the molecule is C#CCOC(=O)N1CCC2(CC1)N=CC1(CCCCC1)S2. The van der Waals surface area contributed by atoms with Crippen LogP contribution in [-0.2, 0) is 4.74 Å². The van der Waals surface area contributed by atoms with Gasteiger partial charge >= 0.3 is 6.09 Å². The van der Waals surface area contributed by atoms with Crippen LogP contribution in [0.2, 0.25) is 0 Å². The number of aliphatic imine (C=N–C) groups is 1. The Morgan fingerprint density at radius 2 is 2.00 bits per heavy atom. The highest BCUT2D eigenvalue weighted by Gasteiger charge is 2.48. The first kappa shape index (κ1) is 14.8. The van der Waals surface area contributed by atoms with Gasteiger partial charge < -0.3 is 9.64 Å². The molecular formula is C16H22N2O2S. The minimum absolute atomic E-state index is 0.000236. The molecule has 0 aromatic rings.